The van der Waals surface area contributed by atoms with E-state index in [-0.39, 0.29) is 36.4 Å². The molecule has 1 amide bonds. The van der Waals surface area contributed by atoms with Crippen molar-refractivity contribution in [3.63, 3.8) is 0 Å². The third kappa shape index (κ3) is 6.61. The van der Waals surface area contributed by atoms with E-state index in [4.69, 9.17) is 16.3 Å². The number of aliphatic hydroxyl groups is 1. The van der Waals surface area contributed by atoms with Crippen LogP contribution in [0.5, 0.6) is 5.75 Å². The zero-order valence-electron chi connectivity index (χ0n) is 18.7. The summed E-state index contributed by atoms with van der Waals surface area (Å²) in [4.78, 5) is 24.5. The lowest BCUT2D eigenvalue weighted by molar-refractivity contribution is -0.125. The molecule has 0 saturated carbocycles. The van der Waals surface area contributed by atoms with Crippen LogP contribution in [0, 0.1) is 23.3 Å². The molecule has 0 spiro atoms. The van der Waals surface area contributed by atoms with E-state index in [0.29, 0.717) is 10.6 Å². The Labute approximate surface area is 202 Å². The fraction of sp³-hybridized carbons (Fsp3) is 0.250. The summed E-state index contributed by atoms with van der Waals surface area (Å²) in [6.45, 7) is 2.32. The predicted octanol–water partition coefficient (Wildman–Crippen LogP) is 4.40. The van der Waals surface area contributed by atoms with E-state index in [2.05, 4.69) is 5.32 Å². The molecule has 35 heavy (non-hydrogen) atoms. The number of carbonyl (C=O) groups excluding carboxylic acids is 1. The van der Waals surface area contributed by atoms with Crippen molar-refractivity contribution in [2.24, 2.45) is 0 Å². The van der Waals surface area contributed by atoms with Crippen LogP contribution < -0.4 is 15.6 Å². The minimum absolute atomic E-state index is 0.00830. The lowest BCUT2D eigenvalue weighted by Gasteiger charge is -2.16. The first-order valence-corrected chi connectivity index (χ1v) is 10.7. The molecule has 0 aliphatic carbocycles. The van der Waals surface area contributed by atoms with Crippen LogP contribution in [0.2, 0.25) is 5.02 Å². The molecule has 0 atom stereocenters. The van der Waals surface area contributed by atoms with Crippen LogP contribution in [-0.2, 0) is 17.9 Å². The standard InChI is InChI=1S/C24H21ClF4N2O4/c1-24(2,34)10-20(32)30-11-13-7-17(28)22(18(29)8-13)31-6-5-19(21(25)23(31)33)35-12-14-3-4-15(26)9-16(14)27/h3-9,34H,10-12H2,1-2H3,(H,30,32). The molecule has 2 aromatic carbocycles. The summed E-state index contributed by atoms with van der Waals surface area (Å²) in [6, 6.07) is 5.95. The number of nitrogens with one attached hydrogen (secondary N) is 1. The summed E-state index contributed by atoms with van der Waals surface area (Å²) in [7, 11) is 0. The number of hydrogen-bond donors (Lipinski definition) is 2. The van der Waals surface area contributed by atoms with Crippen molar-refractivity contribution >= 4 is 17.5 Å². The van der Waals surface area contributed by atoms with Crippen LogP contribution in [0.3, 0.4) is 0 Å². The maximum Gasteiger partial charge on any atom is 0.277 e. The molecule has 0 fully saturated rings. The molecule has 0 radical (unpaired) electrons. The highest BCUT2D eigenvalue weighted by atomic mass is 35.5. The van der Waals surface area contributed by atoms with Gasteiger partial charge in [0.25, 0.3) is 5.56 Å². The van der Waals surface area contributed by atoms with Crippen LogP contribution >= 0.6 is 11.6 Å². The van der Waals surface area contributed by atoms with Gasteiger partial charge < -0.3 is 15.2 Å². The number of hydrogen-bond acceptors (Lipinski definition) is 4. The lowest BCUT2D eigenvalue weighted by atomic mass is 10.1. The number of nitrogens with zero attached hydrogens (tertiary/aromatic N) is 1. The lowest BCUT2D eigenvalue weighted by Crippen LogP contribution is -2.31. The average molecular weight is 513 g/mol. The summed E-state index contributed by atoms with van der Waals surface area (Å²) in [5.41, 5.74) is -2.83. The molecule has 0 aliphatic heterocycles. The fourth-order valence-corrected chi connectivity index (χ4v) is 3.39. The van der Waals surface area contributed by atoms with E-state index >= 15 is 0 Å². The van der Waals surface area contributed by atoms with Crippen LogP contribution in [0.1, 0.15) is 31.4 Å². The number of halogens is 5. The highest BCUT2D eigenvalue weighted by Crippen LogP contribution is 2.25. The summed E-state index contributed by atoms with van der Waals surface area (Å²) < 4.78 is 62.3. The van der Waals surface area contributed by atoms with Gasteiger partial charge in [-0.15, -0.1) is 0 Å². The SMILES string of the molecule is CC(C)(O)CC(=O)NCc1cc(F)c(-n2ccc(OCc3ccc(F)cc3F)c(Cl)c2=O)c(F)c1. The van der Waals surface area contributed by atoms with Crippen LogP contribution in [-0.4, -0.2) is 21.2 Å². The Kier molecular flexibility index (Phi) is 7.86. The van der Waals surface area contributed by atoms with Crippen molar-refractivity contribution < 1.29 is 32.2 Å². The molecule has 11 heteroatoms. The monoisotopic (exact) mass is 512 g/mol. The zero-order valence-corrected chi connectivity index (χ0v) is 19.4. The Morgan fingerprint density at radius 1 is 1.09 bits per heavy atom. The van der Waals surface area contributed by atoms with Crippen molar-refractivity contribution in [2.45, 2.75) is 39.0 Å². The van der Waals surface area contributed by atoms with E-state index in [1.807, 2.05) is 0 Å². The van der Waals surface area contributed by atoms with Gasteiger partial charge in [-0.2, -0.15) is 0 Å². The Bertz CT molecular complexity index is 1300. The van der Waals surface area contributed by atoms with Crippen molar-refractivity contribution in [1.29, 1.82) is 0 Å². The maximum atomic E-state index is 14.8. The first-order chi connectivity index (χ1) is 16.4. The second-order valence-electron chi connectivity index (χ2n) is 8.37. The molecule has 0 aliphatic rings. The first-order valence-electron chi connectivity index (χ1n) is 10.3. The number of benzene rings is 2. The number of carbonyl (C=O) groups is 1. The Morgan fingerprint density at radius 2 is 1.74 bits per heavy atom. The smallest absolute Gasteiger partial charge is 0.277 e. The van der Waals surface area contributed by atoms with Gasteiger partial charge in [0.2, 0.25) is 5.91 Å². The topological polar surface area (TPSA) is 80.6 Å². The molecule has 1 aromatic heterocycles. The Morgan fingerprint density at radius 3 is 2.34 bits per heavy atom. The molecular formula is C24H21ClF4N2O4. The van der Waals surface area contributed by atoms with E-state index in [1.54, 1.807) is 0 Å². The van der Waals surface area contributed by atoms with Gasteiger partial charge in [0.05, 0.1) is 12.0 Å². The van der Waals surface area contributed by atoms with Crippen LogP contribution in [0.4, 0.5) is 17.6 Å². The number of aromatic nitrogens is 1. The molecule has 0 saturated heterocycles. The largest absolute Gasteiger partial charge is 0.487 e. The maximum absolute atomic E-state index is 14.8. The van der Waals surface area contributed by atoms with Crippen molar-refractivity contribution in [1.82, 2.24) is 9.88 Å². The summed E-state index contributed by atoms with van der Waals surface area (Å²) in [6.07, 6.45) is 0.836. The molecular weight excluding hydrogens is 492 g/mol. The predicted molar refractivity (Wildman–Crippen MR) is 120 cm³/mol. The molecule has 3 rings (SSSR count). The normalized spacial score (nSPS) is 11.4. The van der Waals surface area contributed by atoms with Gasteiger partial charge in [-0.3, -0.25) is 14.2 Å². The van der Waals surface area contributed by atoms with Crippen molar-refractivity contribution in [2.75, 3.05) is 0 Å². The van der Waals surface area contributed by atoms with Gasteiger partial charge in [0, 0.05) is 24.4 Å². The molecule has 6 nitrogen and oxygen atoms in total. The van der Waals surface area contributed by atoms with E-state index in [0.717, 1.165) is 24.4 Å². The third-order valence-corrected chi connectivity index (χ3v) is 5.14. The number of amides is 1. The summed E-state index contributed by atoms with van der Waals surface area (Å²) in [5, 5.41) is 11.6. The Hall–Kier alpha value is -3.37. The average Bonchev–Trinajstić information content (AvgIpc) is 2.74. The quantitative estimate of drug-likeness (QED) is 0.438. The number of pyridine rings is 1. The second kappa shape index (κ2) is 10.5. The van der Waals surface area contributed by atoms with Crippen molar-refractivity contribution in [3.8, 4) is 11.4 Å². The van der Waals surface area contributed by atoms with Crippen molar-refractivity contribution in [3.05, 3.63) is 92.4 Å². The highest BCUT2D eigenvalue weighted by Gasteiger charge is 2.20. The van der Waals surface area contributed by atoms with Gasteiger partial charge in [-0.1, -0.05) is 11.6 Å². The molecule has 1 heterocycles. The summed E-state index contributed by atoms with van der Waals surface area (Å²) in [5.74, 6) is -4.47. The number of rotatable bonds is 8. The van der Waals surface area contributed by atoms with Crippen LogP contribution in [0.25, 0.3) is 5.69 Å². The van der Waals surface area contributed by atoms with Gasteiger partial charge in [-0.05, 0) is 49.7 Å². The molecule has 0 unspecified atom stereocenters. The minimum atomic E-state index is -1.24. The van der Waals surface area contributed by atoms with E-state index in [9.17, 15) is 32.3 Å². The first kappa shape index (κ1) is 26.2. The van der Waals surface area contributed by atoms with Gasteiger partial charge in [0.15, 0.2) is 11.6 Å². The summed E-state index contributed by atoms with van der Waals surface area (Å²) >= 11 is 6.03. The zero-order chi connectivity index (χ0) is 25.9. The third-order valence-electron chi connectivity index (χ3n) is 4.80. The Balaban J connectivity index is 1.80. The molecule has 186 valence electrons. The van der Waals surface area contributed by atoms with E-state index in [1.165, 1.54) is 26.0 Å². The van der Waals surface area contributed by atoms with Gasteiger partial charge >= 0.3 is 0 Å². The molecule has 3 aromatic rings. The van der Waals surface area contributed by atoms with Gasteiger partial charge in [0.1, 0.15) is 34.7 Å². The molecule has 0 bridgehead atoms. The minimum Gasteiger partial charge on any atom is -0.487 e. The van der Waals surface area contributed by atoms with E-state index < -0.39 is 51.0 Å². The highest BCUT2D eigenvalue weighted by molar-refractivity contribution is 6.31. The second-order valence-corrected chi connectivity index (χ2v) is 8.75. The van der Waals surface area contributed by atoms with Gasteiger partial charge in [-0.25, -0.2) is 17.6 Å². The fourth-order valence-electron chi connectivity index (χ4n) is 3.18. The van der Waals surface area contributed by atoms with Crippen LogP contribution in [0.15, 0.2) is 47.4 Å². The molecule has 2 N–H and O–H groups in total. The number of ether oxygens (including phenoxy) is 1.